The van der Waals surface area contributed by atoms with Crippen LogP contribution in [-0.4, -0.2) is 34.8 Å². The molecule has 0 N–H and O–H groups in total. The predicted molar refractivity (Wildman–Crippen MR) is 108 cm³/mol. The Kier molecular flexibility index (Phi) is 6.49. The number of non-ortho nitro benzene ring substituents is 1. The molecule has 1 aliphatic rings. The van der Waals surface area contributed by atoms with Crippen LogP contribution in [0.15, 0.2) is 48.5 Å². The fraction of sp³-hybridized carbons (Fsp3) is 0.333. The van der Waals surface area contributed by atoms with Gasteiger partial charge in [-0.25, -0.2) is 0 Å². The highest BCUT2D eigenvalue weighted by Gasteiger charge is 2.31. The molecule has 1 aliphatic heterocycles. The molecule has 0 bridgehead atoms. The van der Waals surface area contributed by atoms with Crippen molar-refractivity contribution in [3.8, 4) is 0 Å². The first-order chi connectivity index (χ1) is 13.8. The largest absolute Gasteiger partial charge is 0.458 e. The van der Waals surface area contributed by atoms with Gasteiger partial charge in [0.1, 0.15) is 6.10 Å². The Morgan fingerprint density at radius 1 is 1.24 bits per heavy atom. The number of amides is 1. The Hall–Kier alpha value is -2.93. The molecule has 3 rings (SSSR count). The molecule has 1 heterocycles. The van der Waals surface area contributed by atoms with Gasteiger partial charge in [0.15, 0.2) is 0 Å². The van der Waals surface area contributed by atoms with E-state index in [1.54, 1.807) is 48.2 Å². The van der Waals surface area contributed by atoms with E-state index in [0.29, 0.717) is 35.5 Å². The zero-order valence-corrected chi connectivity index (χ0v) is 16.7. The van der Waals surface area contributed by atoms with E-state index in [0.717, 1.165) is 0 Å². The minimum atomic E-state index is -0.621. The third kappa shape index (κ3) is 5.12. The van der Waals surface area contributed by atoms with E-state index in [1.807, 2.05) is 0 Å². The fourth-order valence-corrected chi connectivity index (χ4v) is 3.48. The normalized spacial score (nSPS) is 17.4. The van der Waals surface area contributed by atoms with Crippen molar-refractivity contribution in [3.05, 3.63) is 74.8 Å². The van der Waals surface area contributed by atoms with E-state index in [-0.39, 0.29) is 18.1 Å². The Labute approximate surface area is 173 Å². The number of likely N-dealkylation sites (tertiary alicyclic amines) is 1. The zero-order chi connectivity index (χ0) is 21.0. The molecule has 1 fully saturated rings. The van der Waals surface area contributed by atoms with Crippen molar-refractivity contribution < 1.29 is 19.2 Å². The van der Waals surface area contributed by atoms with Crippen molar-refractivity contribution in [3.63, 3.8) is 0 Å². The van der Waals surface area contributed by atoms with Crippen molar-refractivity contribution in [1.29, 1.82) is 0 Å². The van der Waals surface area contributed by atoms with Gasteiger partial charge >= 0.3 is 5.97 Å². The summed E-state index contributed by atoms with van der Waals surface area (Å²) in [5.74, 6) is -0.982. The second-order valence-corrected chi connectivity index (χ2v) is 7.46. The number of carbonyl (C=O) groups excluding carboxylic acids is 2. The van der Waals surface area contributed by atoms with Gasteiger partial charge in [0.25, 0.3) is 11.6 Å². The number of piperidine rings is 1. The highest BCUT2D eigenvalue weighted by molar-refractivity contribution is 6.30. The maximum absolute atomic E-state index is 12.7. The molecule has 0 unspecified atom stereocenters. The number of benzene rings is 2. The van der Waals surface area contributed by atoms with Crippen LogP contribution in [0, 0.1) is 16.0 Å². The standard InChI is InChI=1S/C21H21ClN2O5/c1-14(16-4-2-6-19(12-16)24(27)28)29-21(26)17-5-3-11-23(13-17)20(25)15-7-9-18(22)10-8-15/h2,4,6-10,12,14,17H,3,5,11,13H2,1H3/t14-,17-/m0/s1. The second kappa shape index (κ2) is 9.05. The van der Waals surface area contributed by atoms with Crippen molar-refractivity contribution in [1.82, 2.24) is 4.90 Å². The molecular weight excluding hydrogens is 396 g/mol. The third-order valence-corrected chi connectivity index (χ3v) is 5.23. The number of rotatable bonds is 5. The number of carbonyl (C=O) groups is 2. The minimum Gasteiger partial charge on any atom is -0.458 e. The number of hydrogen-bond donors (Lipinski definition) is 0. The molecular formula is C21H21ClN2O5. The summed E-state index contributed by atoms with van der Waals surface area (Å²) in [6.07, 6.45) is 0.708. The number of nitro benzene ring substituents is 1. The summed E-state index contributed by atoms with van der Waals surface area (Å²) in [5.41, 5.74) is 1.02. The molecule has 2 atom stereocenters. The van der Waals surface area contributed by atoms with Crippen molar-refractivity contribution in [2.75, 3.05) is 13.1 Å². The van der Waals surface area contributed by atoms with E-state index in [2.05, 4.69) is 0 Å². The minimum absolute atomic E-state index is 0.0530. The first kappa shape index (κ1) is 20.8. The quantitative estimate of drug-likeness (QED) is 0.409. The van der Waals surface area contributed by atoms with E-state index in [1.165, 1.54) is 12.1 Å². The second-order valence-electron chi connectivity index (χ2n) is 7.03. The van der Waals surface area contributed by atoms with Crippen molar-refractivity contribution in [2.24, 2.45) is 5.92 Å². The lowest BCUT2D eigenvalue weighted by molar-refractivity contribution is -0.385. The molecule has 0 aromatic heterocycles. The summed E-state index contributed by atoms with van der Waals surface area (Å²) in [5, 5.41) is 11.5. The zero-order valence-electron chi connectivity index (χ0n) is 15.9. The lowest BCUT2D eigenvalue weighted by atomic mass is 9.97. The maximum Gasteiger partial charge on any atom is 0.311 e. The molecule has 0 radical (unpaired) electrons. The van der Waals surface area contributed by atoms with Crippen LogP contribution in [-0.2, 0) is 9.53 Å². The van der Waals surface area contributed by atoms with Crippen LogP contribution in [0.2, 0.25) is 5.02 Å². The summed E-state index contributed by atoms with van der Waals surface area (Å²) in [6, 6.07) is 12.7. The van der Waals surface area contributed by atoms with Gasteiger partial charge in [-0.3, -0.25) is 19.7 Å². The summed E-state index contributed by atoms with van der Waals surface area (Å²) in [7, 11) is 0. The van der Waals surface area contributed by atoms with Gasteiger partial charge in [-0.1, -0.05) is 23.7 Å². The lowest BCUT2D eigenvalue weighted by Gasteiger charge is -2.32. The van der Waals surface area contributed by atoms with Crippen LogP contribution in [0.4, 0.5) is 5.69 Å². The number of hydrogen-bond acceptors (Lipinski definition) is 5. The number of esters is 1. The maximum atomic E-state index is 12.7. The predicted octanol–water partition coefficient (Wildman–Crippen LogP) is 4.40. The Balaban J connectivity index is 1.63. The van der Waals surface area contributed by atoms with E-state index < -0.39 is 22.9 Å². The SMILES string of the molecule is C[C@H](OC(=O)[C@H]1CCCN(C(=O)c2ccc(Cl)cc2)C1)c1cccc([N+](=O)[O-])c1. The molecule has 8 heteroatoms. The molecule has 2 aromatic rings. The molecule has 0 saturated carbocycles. The van der Waals surface area contributed by atoms with Crippen LogP contribution < -0.4 is 0 Å². The summed E-state index contributed by atoms with van der Waals surface area (Å²) in [6.45, 7) is 2.53. The number of nitrogens with zero attached hydrogens (tertiary/aromatic N) is 2. The van der Waals surface area contributed by atoms with Gasteiger partial charge in [0, 0.05) is 35.8 Å². The molecule has 152 valence electrons. The lowest BCUT2D eigenvalue weighted by Crippen LogP contribution is -2.42. The summed E-state index contributed by atoms with van der Waals surface area (Å²) < 4.78 is 5.54. The highest BCUT2D eigenvalue weighted by Crippen LogP contribution is 2.26. The monoisotopic (exact) mass is 416 g/mol. The fourth-order valence-electron chi connectivity index (χ4n) is 3.36. The van der Waals surface area contributed by atoms with Gasteiger partial charge in [-0.15, -0.1) is 0 Å². The Bertz CT molecular complexity index is 916. The average Bonchev–Trinajstić information content (AvgIpc) is 2.74. The van der Waals surface area contributed by atoms with Crippen molar-refractivity contribution in [2.45, 2.75) is 25.9 Å². The van der Waals surface area contributed by atoms with Crippen LogP contribution >= 0.6 is 11.6 Å². The van der Waals surface area contributed by atoms with Crippen LogP contribution in [0.25, 0.3) is 0 Å². The molecule has 29 heavy (non-hydrogen) atoms. The van der Waals surface area contributed by atoms with E-state index in [9.17, 15) is 19.7 Å². The highest BCUT2D eigenvalue weighted by atomic mass is 35.5. The van der Waals surface area contributed by atoms with Crippen molar-refractivity contribution >= 4 is 29.2 Å². The summed E-state index contributed by atoms with van der Waals surface area (Å²) >= 11 is 5.87. The first-order valence-corrected chi connectivity index (χ1v) is 9.72. The van der Waals surface area contributed by atoms with Crippen LogP contribution in [0.1, 0.15) is 41.8 Å². The third-order valence-electron chi connectivity index (χ3n) is 4.98. The number of nitro groups is 1. The van der Waals surface area contributed by atoms with Gasteiger partial charge in [-0.05, 0) is 49.6 Å². The van der Waals surface area contributed by atoms with Gasteiger partial charge in [0.05, 0.1) is 10.8 Å². The van der Waals surface area contributed by atoms with Gasteiger partial charge in [-0.2, -0.15) is 0 Å². The Morgan fingerprint density at radius 2 is 1.97 bits per heavy atom. The first-order valence-electron chi connectivity index (χ1n) is 9.35. The average molecular weight is 417 g/mol. The van der Waals surface area contributed by atoms with E-state index >= 15 is 0 Å². The summed E-state index contributed by atoms with van der Waals surface area (Å²) in [4.78, 5) is 37.4. The van der Waals surface area contributed by atoms with E-state index in [4.69, 9.17) is 16.3 Å². The number of ether oxygens (including phenoxy) is 1. The smallest absolute Gasteiger partial charge is 0.311 e. The molecule has 2 aromatic carbocycles. The molecule has 7 nitrogen and oxygen atoms in total. The Morgan fingerprint density at radius 3 is 2.66 bits per heavy atom. The number of halogens is 1. The molecule has 1 saturated heterocycles. The van der Waals surface area contributed by atoms with Gasteiger partial charge in [0.2, 0.25) is 0 Å². The topological polar surface area (TPSA) is 89.8 Å². The van der Waals surface area contributed by atoms with Crippen LogP contribution in [0.3, 0.4) is 0 Å². The van der Waals surface area contributed by atoms with Gasteiger partial charge < -0.3 is 9.64 Å². The molecule has 0 aliphatic carbocycles. The van der Waals surface area contributed by atoms with Crippen LogP contribution in [0.5, 0.6) is 0 Å². The molecule has 0 spiro atoms. The molecule has 1 amide bonds.